The van der Waals surface area contributed by atoms with Gasteiger partial charge in [-0.15, -0.1) is 10.2 Å². The van der Waals surface area contributed by atoms with Crippen molar-refractivity contribution >= 4 is 23.2 Å². The van der Waals surface area contributed by atoms with Crippen LogP contribution < -0.4 is 11.2 Å². The van der Waals surface area contributed by atoms with E-state index in [-0.39, 0.29) is 13.1 Å². The fourth-order valence-electron chi connectivity index (χ4n) is 3.79. The van der Waals surface area contributed by atoms with Gasteiger partial charge in [-0.1, -0.05) is 70.0 Å². The quantitative estimate of drug-likeness (QED) is 0.299. The van der Waals surface area contributed by atoms with Gasteiger partial charge in [0.1, 0.15) is 11.4 Å². The van der Waals surface area contributed by atoms with E-state index in [1.54, 1.807) is 29.2 Å². The lowest BCUT2D eigenvalue weighted by molar-refractivity contribution is 0.513. The zero-order valence-corrected chi connectivity index (χ0v) is 20.7. The van der Waals surface area contributed by atoms with E-state index in [0.29, 0.717) is 34.5 Å². The van der Waals surface area contributed by atoms with Crippen LogP contribution >= 0.6 is 23.2 Å². The number of halogens is 3. The Kier molecular flexibility index (Phi) is 6.97. The molecular weight excluding hydrogens is 522 g/mol. The van der Waals surface area contributed by atoms with Crippen LogP contribution in [0.4, 0.5) is 4.39 Å². The molecule has 0 saturated heterocycles. The van der Waals surface area contributed by atoms with Gasteiger partial charge in [0.25, 0.3) is 5.56 Å². The van der Waals surface area contributed by atoms with Crippen molar-refractivity contribution in [1.82, 2.24) is 39.1 Å². The van der Waals surface area contributed by atoms with Crippen LogP contribution in [0.1, 0.15) is 22.5 Å². The zero-order valence-electron chi connectivity index (χ0n) is 19.2. The molecule has 3 aromatic heterocycles. The SMILES string of the molecule is O=c1c(F)cn(Cc2cn(Cc3ccccc3Cl)nn2)c(=O)n1Cc1cn(Cc2ccccc2Cl)nn1. The lowest BCUT2D eigenvalue weighted by Gasteiger charge is -2.08. The van der Waals surface area contributed by atoms with Crippen molar-refractivity contribution < 1.29 is 4.39 Å². The first-order valence-electron chi connectivity index (χ1n) is 11.1. The van der Waals surface area contributed by atoms with E-state index < -0.39 is 17.1 Å². The van der Waals surface area contributed by atoms with E-state index in [1.165, 1.54) is 4.68 Å². The van der Waals surface area contributed by atoms with Crippen molar-refractivity contribution in [3.8, 4) is 0 Å². The molecule has 0 aliphatic carbocycles. The van der Waals surface area contributed by atoms with E-state index in [1.807, 2.05) is 36.4 Å². The van der Waals surface area contributed by atoms with E-state index >= 15 is 0 Å². The highest BCUT2D eigenvalue weighted by Crippen LogP contribution is 2.17. The molecule has 0 amide bonds. The molecule has 0 spiro atoms. The number of rotatable bonds is 8. The Bertz CT molecular complexity index is 1690. The minimum absolute atomic E-state index is 0.0856. The van der Waals surface area contributed by atoms with Gasteiger partial charge in [-0.25, -0.2) is 14.2 Å². The molecule has 5 aromatic rings. The summed E-state index contributed by atoms with van der Waals surface area (Å²) in [6, 6.07) is 14.6. The van der Waals surface area contributed by atoms with Crippen molar-refractivity contribution in [3.63, 3.8) is 0 Å². The third-order valence-corrected chi connectivity index (χ3v) is 6.34. The first kappa shape index (κ1) is 24.6. The van der Waals surface area contributed by atoms with Crippen molar-refractivity contribution in [2.24, 2.45) is 0 Å². The van der Waals surface area contributed by atoms with Gasteiger partial charge in [-0.3, -0.25) is 13.9 Å². The van der Waals surface area contributed by atoms with Crippen LogP contribution in [-0.2, 0) is 26.2 Å². The minimum atomic E-state index is -1.08. The molecule has 0 aliphatic rings. The Morgan fingerprint density at radius 3 is 1.76 bits per heavy atom. The fourth-order valence-corrected chi connectivity index (χ4v) is 4.18. The van der Waals surface area contributed by atoms with Crippen LogP contribution in [0.3, 0.4) is 0 Å². The highest BCUT2D eigenvalue weighted by Gasteiger charge is 2.15. The van der Waals surface area contributed by atoms with Gasteiger partial charge in [0.2, 0.25) is 5.82 Å². The standard InChI is InChI=1S/C24H19Cl2FN8O2/c25-20-7-3-1-5-16(20)9-33-12-18(28-30-33)11-32-15-22(27)23(36)35(24(32)37)14-19-13-34(31-29-19)10-17-6-2-4-8-21(17)26/h1-8,12-13,15H,9-11,14H2. The van der Waals surface area contributed by atoms with Crippen LogP contribution in [0.5, 0.6) is 0 Å². The molecule has 2 aromatic carbocycles. The first-order valence-corrected chi connectivity index (χ1v) is 11.9. The van der Waals surface area contributed by atoms with E-state index in [2.05, 4.69) is 20.6 Å². The molecule has 0 unspecified atom stereocenters. The second kappa shape index (κ2) is 10.5. The molecule has 10 nitrogen and oxygen atoms in total. The highest BCUT2D eigenvalue weighted by atomic mass is 35.5. The molecule has 0 bridgehead atoms. The number of nitrogens with zero attached hydrogens (tertiary/aromatic N) is 8. The Morgan fingerprint density at radius 1 is 0.703 bits per heavy atom. The van der Waals surface area contributed by atoms with E-state index in [9.17, 15) is 14.0 Å². The molecule has 0 fully saturated rings. The molecule has 0 radical (unpaired) electrons. The summed E-state index contributed by atoms with van der Waals surface area (Å²) in [7, 11) is 0. The normalized spacial score (nSPS) is 11.2. The number of hydrogen-bond donors (Lipinski definition) is 0. The monoisotopic (exact) mass is 540 g/mol. The van der Waals surface area contributed by atoms with E-state index in [4.69, 9.17) is 23.2 Å². The molecule has 0 saturated carbocycles. The van der Waals surface area contributed by atoms with Crippen molar-refractivity contribution in [1.29, 1.82) is 0 Å². The van der Waals surface area contributed by atoms with Gasteiger partial charge < -0.3 is 0 Å². The Morgan fingerprint density at radius 2 is 1.22 bits per heavy atom. The molecule has 0 aliphatic heterocycles. The Labute approximate surface area is 219 Å². The van der Waals surface area contributed by atoms with Crippen LogP contribution in [0.2, 0.25) is 10.0 Å². The summed E-state index contributed by atoms with van der Waals surface area (Å²) in [5, 5.41) is 17.3. The predicted octanol–water partition coefficient (Wildman–Crippen LogP) is 2.83. The first-order chi connectivity index (χ1) is 17.9. The highest BCUT2D eigenvalue weighted by molar-refractivity contribution is 6.31. The van der Waals surface area contributed by atoms with Crippen LogP contribution in [0.25, 0.3) is 0 Å². The number of hydrogen-bond acceptors (Lipinski definition) is 6. The minimum Gasteiger partial charge on any atom is -0.291 e. The maximum atomic E-state index is 14.5. The number of aromatic nitrogens is 8. The average Bonchev–Trinajstić information content (AvgIpc) is 3.52. The van der Waals surface area contributed by atoms with Gasteiger partial charge in [0.15, 0.2) is 0 Å². The summed E-state index contributed by atoms with van der Waals surface area (Å²) < 4.78 is 19.4. The topological polar surface area (TPSA) is 105 Å². The number of benzene rings is 2. The summed E-state index contributed by atoms with van der Waals surface area (Å²) in [6.07, 6.45) is 4.07. The average molecular weight is 541 g/mol. The van der Waals surface area contributed by atoms with E-state index in [0.717, 1.165) is 26.5 Å². The predicted molar refractivity (Wildman–Crippen MR) is 134 cm³/mol. The molecule has 5 rings (SSSR count). The van der Waals surface area contributed by atoms with Crippen LogP contribution in [-0.4, -0.2) is 39.1 Å². The second-order valence-electron chi connectivity index (χ2n) is 8.28. The summed E-state index contributed by atoms with van der Waals surface area (Å²) in [5.74, 6) is -1.08. The van der Waals surface area contributed by atoms with Crippen LogP contribution in [0, 0.1) is 5.82 Å². The maximum absolute atomic E-state index is 14.5. The molecular formula is C24H19Cl2FN8O2. The van der Waals surface area contributed by atoms with Crippen molar-refractivity contribution in [2.75, 3.05) is 0 Å². The van der Waals surface area contributed by atoms with Crippen molar-refractivity contribution in [3.05, 3.63) is 126 Å². The molecule has 0 atom stereocenters. The Balaban J connectivity index is 1.35. The van der Waals surface area contributed by atoms with Gasteiger partial charge in [-0.2, -0.15) is 4.39 Å². The fraction of sp³-hybridized carbons (Fsp3) is 0.167. The lowest BCUT2D eigenvalue weighted by Crippen LogP contribution is -2.41. The summed E-state index contributed by atoms with van der Waals surface area (Å²) in [6.45, 7) is 0.382. The largest absolute Gasteiger partial charge is 0.331 e. The van der Waals surface area contributed by atoms with Gasteiger partial charge in [0.05, 0.1) is 44.8 Å². The molecule has 3 heterocycles. The van der Waals surface area contributed by atoms with Crippen LogP contribution in [0.15, 0.2) is 76.7 Å². The molecule has 37 heavy (non-hydrogen) atoms. The molecule has 0 N–H and O–H groups in total. The third kappa shape index (κ3) is 5.52. The second-order valence-corrected chi connectivity index (χ2v) is 9.09. The maximum Gasteiger partial charge on any atom is 0.331 e. The smallest absolute Gasteiger partial charge is 0.291 e. The van der Waals surface area contributed by atoms with Gasteiger partial charge in [-0.05, 0) is 23.3 Å². The summed E-state index contributed by atoms with van der Waals surface area (Å²) in [4.78, 5) is 25.5. The molecule has 13 heteroatoms. The van der Waals surface area contributed by atoms with Gasteiger partial charge >= 0.3 is 5.69 Å². The van der Waals surface area contributed by atoms with Crippen molar-refractivity contribution in [2.45, 2.75) is 26.2 Å². The Hall–Kier alpha value is -4.09. The summed E-state index contributed by atoms with van der Waals surface area (Å²) >= 11 is 12.4. The van der Waals surface area contributed by atoms with Gasteiger partial charge in [0, 0.05) is 10.0 Å². The lowest BCUT2D eigenvalue weighted by atomic mass is 10.2. The summed E-state index contributed by atoms with van der Waals surface area (Å²) in [5.41, 5.74) is 0.629. The third-order valence-electron chi connectivity index (χ3n) is 5.60. The molecule has 188 valence electrons. The zero-order chi connectivity index (χ0) is 25.9.